The molecule has 1 aliphatic heterocycles. The summed E-state index contributed by atoms with van der Waals surface area (Å²) in [6.07, 6.45) is 2.13. The molecule has 0 aliphatic carbocycles. The highest BCUT2D eigenvalue weighted by atomic mass is 32.2. The lowest BCUT2D eigenvalue weighted by atomic mass is 10.2. The van der Waals surface area contributed by atoms with Crippen molar-refractivity contribution < 1.29 is 16.8 Å². The van der Waals surface area contributed by atoms with E-state index in [1.54, 1.807) is 24.3 Å². The fraction of sp³-hybridized carbons (Fsp3) is 0.435. The number of anilines is 3. The number of hydrogen-bond donors (Lipinski definition) is 2. The van der Waals surface area contributed by atoms with E-state index >= 15 is 0 Å². The monoisotopic (exact) mass is 539 g/mol. The van der Waals surface area contributed by atoms with Crippen LogP contribution in [0.2, 0.25) is 0 Å². The van der Waals surface area contributed by atoms with E-state index in [1.165, 1.54) is 30.5 Å². The molecule has 9 nitrogen and oxygen atoms in total. The molecule has 1 saturated heterocycles. The number of hydrogen-bond acceptors (Lipinski definition) is 6. The molecule has 0 saturated carbocycles. The van der Waals surface area contributed by atoms with E-state index in [-0.39, 0.29) is 14.9 Å². The second kappa shape index (κ2) is 11.2. The zero-order chi connectivity index (χ0) is 25.8. The minimum Gasteiger partial charge on any atom is -0.370 e. The molecule has 0 atom stereocenters. The molecule has 2 N–H and O–H groups in total. The van der Waals surface area contributed by atoms with E-state index in [2.05, 4.69) is 15.5 Å². The van der Waals surface area contributed by atoms with Crippen LogP contribution in [0, 0.1) is 0 Å². The van der Waals surface area contributed by atoms with Crippen LogP contribution < -0.4 is 15.5 Å². The second-order valence-corrected chi connectivity index (χ2v) is 12.9. The maximum absolute atomic E-state index is 13.1. The first kappa shape index (κ1) is 27.3. The number of nitrogens with one attached hydrogen (secondary N) is 2. The van der Waals surface area contributed by atoms with Crippen molar-refractivity contribution in [2.24, 2.45) is 0 Å². The molecule has 12 heteroatoms. The fourth-order valence-electron chi connectivity index (χ4n) is 3.95. The smallest absolute Gasteiger partial charge is 0.243 e. The fourth-order valence-corrected chi connectivity index (χ4v) is 6.61. The molecule has 2 aromatic carbocycles. The van der Waals surface area contributed by atoms with Gasteiger partial charge in [-0.15, -0.1) is 0 Å². The number of benzene rings is 2. The maximum atomic E-state index is 13.1. The normalized spacial score (nSPS) is 14.5. The number of sulfonamides is 2. The number of nitrogens with zero attached hydrogens (tertiary/aromatic N) is 3. The number of thiocarbonyl (C=S) groups is 1. The van der Waals surface area contributed by atoms with Crippen LogP contribution >= 0.6 is 12.2 Å². The molecular weight excluding hydrogens is 506 g/mol. The summed E-state index contributed by atoms with van der Waals surface area (Å²) in [4.78, 5) is 2.53. The molecule has 0 unspecified atom stereocenters. The highest BCUT2D eigenvalue weighted by Crippen LogP contribution is 2.32. The lowest BCUT2D eigenvalue weighted by molar-refractivity contribution is 0.445. The van der Waals surface area contributed by atoms with Crippen LogP contribution in [-0.2, 0) is 20.0 Å². The van der Waals surface area contributed by atoms with Gasteiger partial charge in [-0.2, -0.15) is 4.31 Å². The van der Waals surface area contributed by atoms with E-state index in [9.17, 15) is 16.8 Å². The Labute approximate surface area is 214 Å². The Morgan fingerprint density at radius 2 is 1.54 bits per heavy atom. The summed E-state index contributed by atoms with van der Waals surface area (Å²) in [5, 5.41) is 6.39. The Bertz CT molecular complexity index is 1270. The third-order valence-electron chi connectivity index (χ3n) is 5.88. The van der Waals surface area contributed by atoms with E-state index in [1.807, 2.05) is 19.9 Å². The van der Waals surface area contributed by atoms with Crippen molar-refractivity contribution in [3.8, 4) is 0 Å². The lowest BCUT2D eigenvalue weighted by Crippen LogP contribution is -2.31. The summed E-state index contributed by atoms with van der Waals surface area (Å²) in [5.74, 6) is 0. The molecule has 1 fully saturated rings. The maximum Gasteiger partial charge on any atom is 0.243 e. The topological polar surface area (TPSA) is 102 Å². The zero-order valence-corrected chi connectivity index (χ0v) is 22.9. The van der Waals surface area contributed by atoms with E-state index < -0.39 is 20.0 Å². The molecule has 192 valence electrons. The van der Waals surface area contributed by atoms with Crippen LogP contribution in [0.5, 0.6) is 0 Å². The highest BCUT2D eigenvalue weighted by molar-refractivity contribution is 7.89. The van der Waals surface area contributed by atoms with Gasteiger partial charge in [0.2, 0.25) is 20.0 Å². The quantitative estimate of drug-likeness (QED) is 0.468. The predicted molar refractivity (Wildman–Crippen MR) is 145 cm³/mol. The Kier molecular flexibility index (Phi) is 8.76. The SMILES string of the molecule is CCN(CC)S(=O)(=O)c1ccc(N2CCCC2)c(NC(=S)Nc2cccc(S(=O)(=O)N(C)C)c2)c1. The molecule has 0 radical (unpaired) electrons. The molecule has 0 aromatic heterocycles. The van der Waals surface area contributed by atoms with Crippen molar-refractivity contribution in [1.82, 2.24) is 8.61 Å². The van der Waals surface area contributed by atoms with Crippen LogP contribution in [0.15, 0.2) is 52.3 Å². The lowest BCUT2D eigenvalue weighted by Gasteiger charge is -2.24. The molecule has 0 amide bonds. The van der Waals surface area contributed by atoms with Crippen molar-refractivity contribution in [3.05, 3.63) is 42.5 Å². The first-order chi connectivity index (χ1) is 16.5. The average Bonchev–Trinajstić information content (AvgIpc) is 3.34. The molecule has 35 heavy (non-hydrogen) atoms. The first-order valence-corrected chi connectivity index (χ1v) is 14.8. The van der Waals surface area contributed by atoms with Gasteiger partial charge in [-0.3, -0.25) is 0 Å². The summed E-state index contributed by atoms with van der Waals surface area (Å²) in [7, 11) is -4.30. The third-order valence-corrected chi connectivity index (χ3v) is 9.94. The Balaban J connectivity index is 1.91. The molecule has 2 aromatic rings. The Morgan fingerprint density at radius 1 is 0.914 bits per heavy atom. The zero-order valence-electron chi connectivity index (χ0n) is 20.5. The van der Waals surface area contributed by atoms with Gasteiger partial charge < -0.3 is 15.5 Å². The largest absolute Gasteiger partial charge is 0.370 e. The minimum atomic E-state index is -3.65. The Morgan fingerprint density at radius 3 is 2.14 bits per heavy atom. The number of rotatable bonds is 9. The van der Waals surface area contributed by atoms with Crippen molar-refractivity contribution in [3.63, 3.8) is 0 Å². The van der Waals surface area contributed by atoms with Gasteiger partial charge in [0.15, 0.2) is 5.11 Å². The van der Waals surface area contributed by atoms with Crippen LogP contribution in [0.1, 0.15) is 26.7 Å². The van der Waals surface area contributed by atoms with Gasteiger partial charge in [0, 0.05) is 46.0 Å². The summed E-state index contributed by atoms with van der Waals surface area (Å²) >= 11 is 5.51. The standard InChI is InChI=1S/C23H33N5O4S3/c1-5-28(6-2)35(31,32)20-12-13-22(27-14-7-8-15-27)21(17-20)25-23(33)24-18-10-9-11-19(16-18)34(29,30)26(3)4/h9-13,16-17H,5-8,14-15H2,1-4H3,(H2,24,25,33). The summed E-state index contributed by atoms with van der Waals surface area (Å²) in [6, 6.07) is 11.4. The minimum absolute atomic E-state index is 0.139. The predicted octanol–water partition coefficient (Wildman–Crippen LogP) is 3.38. The van der Waals surface area contributed by atoms with E-state index in [0.717, 1.165) is 35.9 Å². The first-order valence-electron chi connectivity index (χ1n) is 11.5. The summed E-state index contributed by atoms with van der Waals surface area (Å²) < 4.78 is 53.7. The molecule has 1 heterocycles. The van der Waals surface area contributed by atoms with Crippen LogP contribution in [0.4, 0.5) is 17.1 Å². The van der Waals surface area contributed by atoms with Crippen molar-refractivity contribution in [1.29, 1.82) is 0 Å². The molecule has 3 rings (SSSR count). The van der Waals surface area contributed by atoms with Gasteiger partial charge in [0.25, 0.3) is 0 Å². The van der Waals surface area contributed by atoms with Gasteiger partial charge in [-0.05, 0) is 61.5 Å². The average molecular weight is 540 g/mol. The van der Waals surface area contributed by atoms with Crippen molar-refractivity contribution >= 4 is 54.4 Å². The molecular formula is C23H33N5O4S3. The van der Waals surface area contributed by atoms with Crippen LogP contribution in [0.25, 0.3) is 0 Å². The highest BCUT2D eigenvalue weighted by Gasteiger charge is 2.25. The van der Waals surface area contributed by atoms with Gasteiger partial charge >= 0.3 is 0 Å². The van der Waals surface area contributed by atoms with Gasteiger partial charge in [0.1, 0.15) is 0 Å². The third kappa shape index (κ3) is 6.12. The van der Waals surface area contributed by atoms with Gasteiger partial charge in [0.05, 0.1) is 21.2 Å². The van der Waals surface area contributed by atoms with Gasteiger partial charge in [-0.25, -0.2) is 21.1 Å². The Hall–Kier alpha value is -2.25. The molecule has 1 aliphatic rings. The molecule has 0 bridgehead atoms. The van der Waals surface area contributed by atoms with Crippen LogP contribution in [0.3, 0.4) is 0 Å². The van der Waals surface area contributed by atoms with Gasteiger partial charge in [-0.1, -0.05) is 19.9 Å². The second-order valence-electron chi connectivity index (χ2n) is 8.36. The van der Waals surface area contributed by atoms with Crippen molar-refractivity contribution in [2.45, 2.75) is 36.5 Å². The van der Waals surface area contributed by atoms with E-state index in [0.29, 0.717) is 24.5 Å². The van der Waals surface area contributed by atoms with E-state index in [4.69, 9.17) is 12.2 Å². The van der Waals surface area contributed by atoms with Crippen LogP contribution in [-0.4, -0.2) is 70.8 Å². The summed E-state index contributed by atoms with van der Waals surface area (Å²) in [5.41, 5.74) is 1.95. The molecule has 0 spiro atoms. The van der Waals surface area contributed by atoms with Crippen molar-refractivity contribution in [2.75, 3.05) is 55.8 Å². The summed E-state index contributed by atoms with van der Waals surface area (Å²) in [6.45, 7) is 6.12.